The zero-order chi connectivity index (χ0) is 37.6. The molecule has 1 aromatic rings. The summed E-state index contributed by atoms with van der Waals surface area (Å²) in [6.45, 7) is 25.5. The van der Waals surface area contributed by atoms with Crippen LogP contribution >= 0.6 is 0 Å². The molecule has 0 saturated carbocycles. The first-order chi connectivity index (χ1) is 21.9. The van der Waals surface area contributed by atoms with E-state index in [2.05, 4.69) is 20.8 Å². The number of Topliss-reactive ketones (excluding diaryl/α,β-unsaturated/α-hetero) is 2. The third-order valence-corrected chi connectivity index (χ3v) is 6.56. The van der Waals surface area contributed by atoms with E-state index >= 15 is 0 Å². The van der Waals surface area contributed by atoms with E-state index in [-0.39, 0.29) is 67.0 Å². The number of ketones is 2. The lowest BCUT2D eigenvalue weighted by molar-refractivity contribution is -0.136. The number of nitrogens with zero attached hydrogens (tertiary/aromatic N) is 1. The van der Waals surface area contributed by atoms with E-state index in [0.29, 0.717) is 0 Å². The minimum Gasteiger partial charge on any atom is -0.444 e. The summed E-state index contributed by atoms with van der Waals surface area (Å²) in [6, 6.07) is 0. The van der Waals surface area contributed by atoms with Crippen LogP contribution in [0.3, 0.4) is 0 Å². The molecule has 1 rings (SSSR count). The lowest BCUT2D eigenvalue weighted by Crippen LogP contribution is -2.33. The van der Waals surface area contributed by atoms with Gasteiger partial charge in [-0.1, -0.05) is 55.4 Å². The number of ether oxygens (including phenoxy) is 2. The van der Waals surface area contributed by atoms with E-state index in [9.17, 15) is 28.0 Å². The van der Waals surface area contributed by atoms with Crippen molar-refractivity contribution >= 4 is 23.8 Å². The van der Waals surface area contributed by atoms with E-state index in [1.165, 1.54) is 6.08 Å². The van der Waals surface area contributed by atoms with Gasteiger partial charge in [0.1, 0.15) is 28.6 Å². The first kappa shape index (κ1) is 44.4. The van der Waals surface area contributed by atoms with E-state index in [1.54, 1.807) is 69.2 Å². The van der Waals surface area contributed by atoms with E-state index in [4.69, 9.17) is 9.47 Å². The molecule has 1 aromatic heterocycles. The number of halogens is 2. The molecule has 0 aliphatic heterocycles. The highest BCUT2D eigenvalue weighted by Gasteiger charge is 2.31. The number of carbonyl (C=O) groups is 4. The van der Waals surface area contributed by atoms with Gasteiger partial charge in [-0.25, -0.2) is 18.4 Å². The normalized spacial score (nSPS) is 12.8. The fourth-order valence-electron chi connectivity index (χ4n) is 4.32. The number of H-pyrrole nitrogens is 1. The highest BCUT2D eigenvalue weighted by atomic mass is 19.1. The molecule has 0 spiro atoms. The number of rotatable bonds is 14. The van der Waals surface area contributed by atoms with Crippen LogP contribution in [0, 0.1) is 17.8 Å². The van der Waals surface area contributed by atoms with Gasteiger partial charge in [-0.3, -0.25) is 14.7 Å². The summed E-state index contributed by atoms with van der Waals surface area (Å²) in [4.78, 5) is 47.3. The minimum absolute atomic E-state index is 0.0702. The average Bonchev–Trinajstić information content (AvgIpc) is 3.33. The SMILES string of the molecule is CC(C)C(=O)C(C/C(F)=C/CNC(=O)OC(C)(C)C)C(=O)C(C)C.CC(C)c1n[nH]c(C(C)C)c1C/C(F)=C/CNC(=O)OC(C)(C)C. The van der Waals surface area contributed by atoms with Crippen molar-refractivity contribution in [3.63, 3.8) is 0 Å². The van der Waals surface area contributed by atoms with Crippen molar-refractivity contribution in [3.8, 4) is 0 Å². The molecule has 10 nitrogen and oxygen atoms in total. The molecule has 2 amide bonds. The van der Waals surface area contributed by atoms with Gasteiger partial charge in [0.15, 0.2) is 0 Å². The molecule has 12 heteroatoms. The van der Waals surface area contributed by atoms with Crippen LogP contribution < -0.4 is 10.6 Å². The van der Waals surface area contributed by atoms with Crippen LogP contribution in [0.4, 0.5) is 18.4 Å². The molecule has 0 aliphatic rings. The van der Waals surface area contributed by atoms with Gasteiger partial charge in [-0.15, -0.1) is 0 Å². The zero-order valence-corrected chi connectivity index (χ0v) is 31.5. The summed E-state index contributed by atoms with van der Waals surface area (Å²) in [5.41, 5.74) is 1.56. The number of alkyl carbamates (subject to hydrolysis) is 2. The van der Waals surface area contributed by atoms with Gasteiger partial charge in [0.05, 0.1) is 17.4 Å². The standard InChI is InChI=1S/C18H30FN3O2.C18H30FNO4/c1-11(2)15-14(16(12(3)4)22-21-15)10-13(19)8-9-20-17(23)24-18(5,6)7;1-11(2)15(21)14(16(22)12(3)4)10-13(19)8-9-20-17(23)24-18(5,6)7/h8,11-12H,9-10H2,1-7H3,(H,20,23)(H,21,22);8,11-12,14H,9-10H2,1-7H3,(H,20,23)/b2*13-8-. The Balaban J connectivity index is 0.000000920. The van der Waals surface area contributed by atoms with Gasteiger partial charge < -0.3 is 20.1 Å². The molecule has 0 atom stereocenters. The number of allylic oxidation sites excluding steroid dienone is 2. The predicted octanol–water partition coefficient (Wildman–Crippen LogP) is 8.40. The second-order valence-corrected chi connectivity index (χ2v) is 14.9. The van der Waals surface area contributed by atoms with Gasteiger partial charge in [0.2, 0.25) is 0 Å². The van der Waals surface area contributed by atoms with Gasteiger partial charge >= 0.3 is 12.2 Å². The Morgan fingerprint density at radius 2 is 1.15 bits per heavy atom. The molecule has 0 unspecified atom stereocenters. The molecule has 3 N–H and O–H groups in total. The number of amides is 2. The van der Waals surface area contributed by atoms with E-state index in [1.807, 2.05) is 27.7 Å². The van der Waals surface area contributed by atoms with E-state index in [0.717, 1.165) is 23.0 Å². The minimum atomic E-state index is -0.984. The summed E-state index contributed by atoms with van der Waals surface area (Å²) in [7, 11) is 0. The smallest absolute Gasteiger partial charge is 0.407 e. The highest BCUT2D eigenvalue weighted by Crippen LogP contribution is 2.27. The van der Waals surface area contributed by atoms with Crippen LogP contribution in [0.25, 0.3) is 0 Å². The summed E-state index contributed by atoms with van der Waals surface area (Å²) in [6.07, 6.45) is 1.21. The molecule has 48 heavy (non-hydrogen) atoms. The van der Waals surface area contributed by atoms with Crippen LogP contribution in [0.15, 0.2) is 23.8 Å². The topological polar surface area (TPSA) is 139 Å². The third kappa shape index (κ3) is 18.1. The van der Waals surface area contributed by atoms with Crippen molar-refractivity contribution in [1.82, 2.24) is 20.8 Å². The van der Waals surface area contributed by atoms with Gasteiger partial charge in [-0.2, -0.15) is 5.10 Å². The first-order valence-corrected chi connectivity index (χ1v) is 16.6. The summed E-state index contributed by atoms with van der Waals surface area (Å²) < 4.78 is 38.5. The zero-order valence-electron chi connectivity index (χ0n) is 31.5. The average molecular weight is 683 g/mol. The Bertz CT molecular complexity index is 1220. The number of nitrogens with one attached hydrogen (secondary N) is 3. The quantitative estimate of drug-likeness (QED) is 0.168. The Morgan fingerprint density at radius 1 is 0.729 bits per heavy atom. The number of hydrogen-bond donors (Lipinski definition) is 3. The molecule has 274 valence electrons. The fourth-order valence-corrected chi connectivity index (χ4v) is 4.32. The van der Waals surface area contributed by atoms with Crippen LogP contribution in [0.1, 0.15) is 132 Å². The van der Waals surface area contributed by atoms with Crippen molar-refractivity contribution in [3.05, 3.63) is 40.8 Å². The molecule has 0 radical (unpaired) electrons. The molecule has 0 aliphatic carbocycles. The molecular weight excluding hydrogens is 622 g/mol. The Kier molecular flexibility index (Phi) is 18.6. The maximum atomic E-state index is 14.3. The van der Waals surface area contributed by atoms with Gasteiger partial charge in [0.25, 0.3) is 0 Å². The molecule has 0 aromatic carbocycles. The number of aromatic nitrogens is 2. The summed E-state index contributed by atoms with van der Waals surface area (Å²) in [5.74, 6) is -2.63. The van der Waals surface area contributed by atoms with Gasteiger partial charge in [0, 0.05) is 49.0 Å². The third-order valence-electron chi connectivity index (χ3n) is 6.56. The number of hydrogen-bond acceptors (Lipinski definition) is 7. The molecule has 1 heterocycles. The van der Waals surface area contributed by atoms with Crippen LogP contribution in [-0.2, 0) is 25.5 Å². The van der Waals surface area contributed by atoms with Crippen LogP contribution in [-0.4, -0.2) is 58.2 Å². The Hall–Kier alpha value is -3.57. The lowest BCUT2D eigenvalue weighted by Gasteiger charge is -2.19. The second-order valence-electron chi connectivity index (χ2n) is 14.9. The van der Waals surface area contributed by atoms with Crippen molar-refractivity contribution in [2.45, 2.75) is 133 Å². The lowest BCUT2D eigenvalue weighted by atomic mass is 9.84. The maximum absolute atomic E-state index is 14.3. The maximum Gasteiger partial charge on any atom is 0.407 e. The molecule has 0 bridgehead atoms. The second kappa shape index (κ2) is 20.1. The highest BCUT2D eigenvalue weighted by molar-refractivity contribution is 6.04. The van der Waals surface area contributed by atoms with Crippen molar-refractivity contribution < 1.29 is 37.4 Å². The first-order valence-electron chi connectivity index (χ1n) is 16.6. The van der Waals surface area contributed by atoms with Crippen molar-refractivity contribution in [2.75, 3.05) is 13.1 Å². The largest absolute Gasteiger partial charge is 0.444 e. The molecule has 0 saturated heterocycles. The fraction of sp³-hybridized carbons (Fsp3) is 0.694. The van der Waals surface area contributed by atoms with Crippen molar-refractivity contribution in [2.24, 2.45) is 17.8 Å². The monoisotopic (exact) mass is 682 g/mol. The predicted molar refractivity (Wildman–Crippen MR) is 185 cm³/mol. The van der Waals surface area contributed by atoms with Gasteiger partial charge in [-0.05, 0) is 65.5 Å². The van der Waals surface area contributed by atoms with Crippen molar-refractivity contribution in [1.29, 1.82) is 0 Å². The molecule has 0 fully saturated rings. The van der Waals surface area contributed by atoms with Crippen LogP contribution in [0.5, 0.6) is 0 Å². The number of carbonyl (C=O) groups excluding carboxylic acids is 4. The van der Waals surface area contributed by atoms with E-state index < -0.39 is 35.1 Å². The Labute approximate surface area is 286 Å². The summed E-state index contributed by atoms with van der Waals surface area (Å²) in [5, 5.41) is 12.3. The molecular formula is C36H60F2N4O6. The van der Waals surface area contributed by atoms with Crippen LogP contribution in [0.2, 0.25) is 0 Å². The Morgan fingerprint density at radius 3 is 1.50 bits per heavy atom. The number of aromatic amines is 1. The summed E-state index contributed by atoms with van der Waals surface area (Å²) >= 11 is 0.